The molecule has 2 aromatic rings. The zero-order valence-corrected chi connectivity index (χ0v) is 15.6. The first kappa shape index (κ1) is 17.8. The molecule has 7 heteroatoms. The fourth-order valence-electron chi connectivity index (χ4n) is 3.00. The van der Waals surface area contributed by atoms with Crippen LogP contribution in [0.3, 0.4) is 0 Å². The van der Waals surface area contributed by atoms with Crippen LogP contribution in [0.2, 0.25) is 5.02 Å². The first-order valence-corrected chi connectivity index (χ1v) is 10.2. The second-order valence-corrected chi connectivity index (χ2v) is 8.52. The summed E-state index contributed by atoms with van der Waals surface area (Å²) in [5.74, 6) is -0.201. The smallest absolute Gasteiger partial charge is 0.251 e. The zero-order valence-electron chi connectivity index (χ0n) is 14.0. The minimum Gasteiger partial charge on any atom is -0.346 e. The Kier molecular flexibility index (Phi) is 4.75. The highest BCUT2D eigenvalue weighted by Crippen LogP contribution is 2.30. The van der Waals surface area contributed by atoms with Crippen LogP contribution in [-0.2, 0) is 16.4 Å². The largest absolute Gasteiger partial charge is 0.346 e. The lowest BCUT2D eigenvalue weighted by Crippen LogP contribution is -2.28. The molecule has 0 aromatic heterocycles. The Balaban J connectivity index is 1.78. The SMILES string of the molecule is CC(NC(=O)c1ccc2c(c1)CCN2S(C)(=O)=O)c1cccc(Cl)c1. The quantitative estimate of drug-likeness (QED) is 0.888. The summed E-state index contributed by atoms with van der Waals surface area (Å²) in [7, 11) is -3.29. The standard InChI is InChI=1S/C18H19ClN2O3S/c1-12(13-4-3-5-16(19)11-13)20-18(22)15-6-7-17-14(10-15)8-9-21(17)25(2,23)24/h3-7,10-12H,8-9H2,1-2H3,(H,20,22). The van der Waals surface area contributed by atoms with Crippen molar-refractivity contribution in [3.05, 3.63) is 64.2 Å². The number of carbonyl (C=O) groups is 1. The summed E-state index contributed by atoms with van der Waals surface area (Å²) in [5.41, 5.74) is 2.96. The van der Waals surface area contributed by atoms with E-state index in [1.807, 2.05) is 25.1 Å². The average Bonchev–Trinajstić information content (AvgIpc) is 2.98. The maximum absolute atomic E-state index is 12.5. The van der Waals surface area contributed by atoms with Crippen LogP contribution >= 0.6 is 11.6 Å². The van der Waals surface area contributed by atoms with E-state index < -0.39 is 10.0 Å². The van der Waals surface area contributed by atoms with Gasteiger partial charge in [-0.2, -0.15) is 0 Å². The number of nitrogens with zero attached hydrogens (tertiary/aromatic N) is 1. The van der Waals surface area contributed by atoms with Gasteiger partial charge in [0.15, 0.2) is 0 Å². The van der Waals surface area contributed by atoms with Crippen molar-refractivity contribution < 1.29 is 13.2 Å². The topological polar surface area (TPSA) is 66.5 Å². The molecule has 1 atom stereocenters. The van der Waals surface area contributed by atoms with Crippen LogP contribution in [0, 0.1) is 0 Å². The summed E-state index contributed by atoms with van der Waals surface area (Å²) >= 11 is 5.99. The number of hydrogen-bond acceptors (Lipinski definition) is 3. The Morgan fingerprint density at radius 1 is 1.24 bits per heavy atom. The van der Waals surface area contributed by atoms with Gasteiger partial charge >= 0.3 is 0 Å². The number of amides is 1. The van der Waals surface area contributed by atoms with E-state index in [-0.39, 0.29) is 11.9 Å². The second kappa shape index (κ2) is 6.69. The van der Waals surface area contributed by atoms with Crippen LogP contribution in [0.1, 0.15) is 34.5 Å². The van der Waals surface area contributed by atoms with Gasteiger partial charge in [-0.3, -0.25) is 9.10 Å². The maximum Gasteiger partial charge on any atom is 0.251 e. The summed E-state index contributed by atoms with van der Waals surface area (Å²) in [5, 5.41) is 3.57. The summed E-state index contributed by atoms with van der Waals surface area (Å²) < 4.78 is 24.9. The third kappa shape index (κ3) is 3.80. The monoisotopic (exact) mass is 378 g/mol. The molecule has 25 heavy (non-hydrogen) atoms. The highest BCUT2D eigenvalue weighted by atomic mass is 35.5. The number of anilines is 1. The molecule has 0 aliphatic carbocycles. The first-order chi connectivity index (χ1) is 11.8. The molecular formula is C18H19ClN2O3S. The normalized spacial score (nSPS) is 14.9. The van der Waals surface area contributed by atoms with Gasteiger partial charge in [0.1, 0.15) is 0 Å². The fourth-order valence-corrected chi connectivity index (χ4v) is 4.15. The van der Waals surface area contributed by atoms with Crippen molar-refractivity contribution >= 4 is 33.2 Å². The molecule has 2 aromatic carbocycles. The molecule has 1 unspecified atom stereocenters. The first-order valence-electron chi connectivity index (χ1n) is 7.92. The molecule has 1 heterocycles. The minimum absolute atomic E-state index is 0.188. The molecular weight excluding hydrogens is 360 g/mol. The maximum atomic E-state index is 12.5. The van der Waals surface area contributed by atoms with Crippen LogP contribution in [0.5, 0.6) is 0 Å². The van der Waals surface area contributed by atoms with Crippen molar-refractivity contribution in [1.29, 1.82) is 0 Å². The zero-order chi connectivity index (χ0) is 18.2. The van der Waals surface area contributed by atoms with Crippen molar-refractivity contribution in [2.45, 2.75) is 19.4 Å². The van der Waals surface area contributed by atoms with E-state index in [9.17, 15) is 13.2 Å². The lowest BCUT2D eigenvalue weighted by atomic mass is 10.1. The van der Waals surface area contributed by atoms with Crippen LogP contribution in [0.4, 0.5) is 5.69 Å². The highest BCUT2D eigenvalue weighted by molar-refractivity contribution is 7.92. The number of rotatable bonds is 4. The third-order valence-corrected chi connectivity index (χ3v) is 5.71. The molecule has 1 N–H and O–H groups in total. The summed E-state index contributed by atoms with van der Waals surface area (Å²) in [6, 6.07) is 12.3. The molecule has 3 rings (SSSR count). The average molecular weight is 379 g/mol. The number of benzene rings is 2. The Bertz CT molecular complexity index is 928. The predicted molar refractivity (Wildman–Crippen MR) is 99.7 cm³/mol. The second-order valence-electron chi connectivity index (χ2n) is 6.18. The van der Waals surface area contributed by atoms with Crippen LogP contribution < -0.4 is 9.62 Å². The van der Waals surface area contributed by atoms with Gasteiger partial charge in [-0.15, -0.1) is 0 Å². The fraction of sp³-hybridized carbons (Fsp3) is 0.278. The lowest BCUT2D eigenvalue weighted by Gasteiger charge is -2.17. The summed E-state index contributed by atoms with van der Waals surface area (Å²) in [4.78, 5) is 12.5. The number of sulfonamides is 1. The van der Waals surface area contributed by atoms with E-state index in [2.05, 4.69) is 5.32 Å². The van der Waals surface area contributed by atoms with Gasteiger partial charge in [0.05, 0.1) is 18.0 Å². The number of carbonyl (C=O) groups excluding carboxylic acids is 1. The molecule has 0 saturated carbocycles. The molecule has 132 valence electrons. The minimum atomic E-state index is -3.29. The van der Waals surface area contributed by atoms with Gasteiger partial charge in [0, 0.05) is 17.1 Å². The van der Waals surface area contributed by atoms with E-state index in [1.54, 1.807) is 24.3 Å². The van der Waals surface area contributed by atoms with Crippen molar-refractivity contribution in [2.24, 2.45) is 0 Å². The number of hydrogen-bond donors (Lipinski definition) is 1. The van der Waals surface area contributed by atoms with E-state index in [0.29, 0.717) is 29.2 Å². The van der Waals surface area contributed by atoms with Crippen LogP contribution in [-0.4, -0.2) is 27.1 Å². The molecule has 1 amide bonds. The molecule has 0 fully saturated rings. The van der Waals surface area contributed by atoms with Crippen LogP contribution in [0.15, 0.2) is 42.5 Å². The van der Waals surface area contributed by atoms with E-state index >= 15 is 0 Å². The molecule has 0 saturated heterocycles. The molecule has 0 bridgehead atoms. The Morgan fingerprint density at radius 2 is 2.00 bits per heavy atom. The van der Waals surface area contributed by atoms with Gasteiger partial charge in [0.2, 0.25) is 10.0 Å². The third-order valence-electron chi connectivity index (χ3n) is 4.29. The van der Waals surface area contributed by atoms with E-state index in [0.717, 1.165) is 11.1 Å². The van der Waals surface area contributed by atoms with E-state index in [4.69, 9.17) is 11.6 Å². The van der Waals surface area contributed by atoms with Crippen LogP contribution in [0.25, 0.3) is 0 Å². The van der Waals surface area contributed by atoms with Crippen molar-refractivity contribution in [3.8, 4) is 0 Å². The van der Waals surface area contributed by atoms with Gasteiger partial charge in [-0.25, -0.2) is 8.42 Å². The van der Waals surface area contributed by atoms with E-state index in [1.165, 1.54) is 10.6 Å². The Morgan fingerprint density at radius 3 is 2.68 bits per heavy atom. The Hall–Kier alpha value is -2.05. The molecule has 1 aliphatic rings. The summed E-state index contributed by atoms with van der Waals surface area (Å²) in [6.07, 6.45) is 1.79. The van der Waals surface area contributed by atoms with Crippen molar-refractivity contribution in [2.75, 3.05) is 17.1 Å². The predicted octanol–water partition coefficient (Wildman–Crippen LogP) is 3.15. The van der Waals surface area contributed by atoms with Gasteiger partial charge in [0.25, 0.3) is 5.91 Å². The van der Waals surface area contributed by atoms with Crippen molar-refractivity contribution in [1.82, 2.24) is 5.32 Å². The summed E-state index contributed by atoms with van der Waals surface area (Å²) in [6.45, 7) is 2.31. The van der Waals surface area contributed by atoms with Gasteiger partial charge in [-0.1, -0.05) is 23.7 Å². The molecule has 0 spiro atoms. The molecule has 0 radical (unpaired) electrons. The highest BCUT2D eigenvalue weighted by Gasteiger charge is 2.26. The van der Waals surface area contributed by atoms with Gasteiger partial charge in [-0.05, 0) is 54.8 Å². The molecule has 5 nitrogen and oxygen atoms in total. The number of fused-ring (bicyclic) bond motifs is 1. The lowest BCUT2D eigenvalue weighted by molar-refractivity contribution is 0.0940. The molecule has 1 aliphatic heterocycles. The van der Waals surface area contributed by atoms with Crippen molar-refractivity contribution in [3.63, 3.8) is 0 Å². The number of nitrogens with one attached hydrogen (secondary N) is 1. The number of halogens is 1. The Labute approximate surface area is 152 Å². The van der Waals surface area contributed by atoms with Gasteiger partial charge < -0.3 is 5.32 Å².